The number of halogens is 2. The normalized spacial score (nSPS) is 24.7. The average Bonchev–Trinajstić information content (AvgIpc) is 3.68. The summed E-state index contributed by atoms with van der Waals surface area (Å²) in [7, 11) is 0. The van der Waals surface area contributed by atoms with E-state index in [9.17, 15) is 0 Å². The van der Waals surface area contributed by atoms with E-state index >= 15 is 0 Å². The van der Waals surface area contributed by atoms with Gasteiger partial charge in [0.15, 0.2) is 0 Å². The minimum absolute atomic E-state index is 0.146. The molecule has 9 heteroatoms. The minimum Gasteiger partial charge on any atom is -0.477 e. The van der Waals surface area contributed by atoms with Crippen molar-refractivity contribution in [3.05, 3.63) is 57.2 Å². The van der Waals surface area contributed by atoms with Crippen molar-refractivity contribution in [3.63, 3.8) is 0 Å². The fourth-order valence-electron chi connectivity index (χ4n) is 5.84. The van der Waals surface area contributed by atoms with Crippen molar-refractivity contribution in [3.8, 4) is 23.2 Å². The largest absolute Gasteiger partial charge is 0.477 e. The van der Waals surface area contributed by atoms with Gasteiger partial charge in [-0.05, 0) is 64.4 Å². The molecule has 3 aromatic heterocycles. The number of ether oxygens (including phenoxy) is 2. The van der Waals surface area contributed by atoms with Crippen molar-refractivity contribution in [2.75, 3.05) is 6.61 Å². The standard InChI is InChI=1S/C28H28Cl2N4O3/c1-17-10-18(11-31)12-33-26(17)35-16-27-4-7-28(8-5-27,9-6-27)36-15-20-24(34-37-25(20)19-2-3-19)23-21(29)13-32-14-22(23)30/h10,12-14,19H,2-9,15-16H2,1H3. The lowest BCUT2D eigenvalue weighted by atomic mass is 9.59. The van der Waals surface area contributed by atoms with Crippen LogP contribution in [0.4, 0.5) is 0 Å². The molecule has 7 rings (SSSR count). The summed E-state index contributed by atoms with van der Waals surface area (Å²) in [5.41, 5.74) is 3.72. The van der Waals surface area contributed by atoms with Gasteiger partial charge in [-0.2, -0.15) is 5.26 Å². The first-order valence-electron chi connectivity index (χ1n) is 12.8. The molecule has 4 saturated carbocycles. The van der Waals surface area contributed by atoms with Gasteiger partial charge in [-0.1, -0.05) is 28.4 Å². The molecule has 0 amide bonds. The molecule has 3 aromatic rings. The second-order valence-corrected chi connectivity index (χ2v) is 11.7. The summed E-state index contributed by atoms with van der Waals surface area (Å²) < 4.78 is 18.7. The van der Waals surface area contributed by atoms with Crippen LogP contribution >= 0.6 is 23.2 Å². The second kappa shape index (κ2) is 9.58. The summed E-state index contributed by atoms with van der Waals surface area (Å²) in [4.78, 5) is 8.43. The van der Waals surface area contributed by atoms with E-state index < -0.39 is 0 Å². The lowest BCUT2D eigenvalue weighted by molar-refractivity contribution is -0.150. The van der Waals surface area contributed by atoms with Crippen LogP contribution in [0.2, 0.25) is 10.0 Å². The molecule has 0 radical (unpaired) electrons. The molecular weight excluding hydrogens is 511 g/mol. The minimum atomic E-state index is -0.147. The molecule has 0 saturated heterocycles. The molecule has 0 spiro atoms. The Balaban J connectivity index is 1.14. The van der Waals surface area contributed by atoms with Crippen LogP contribution in [0.5, 0.6) is 5.88 Å². The fourth-order valence-corrected chi connectivity index (χ4v) is 6.39. The molecule has 192 valence electrons. The third-order valence-electron chi connectivity index (χ3n) is 8.39. The van der Waals surface area contributed by atoms with Crippen molar-refractivity contribution in [2.24, 2.45) is 5.41 Å². The molecule has 0 aliphatic heterocycles. The van der Waals surface area contributed by atoms with Crippen molar-refractivity contribution in [1.29, 1.82) is 5.26 Å². The van der Waals surface area contributed by atoms with E-state index in [0.717, 1.165) is 68.3 Å². The number of hydrogen-bond donors (Lipinski definition) is 0. The van der Waals surface area contributed by atoms with E-state index in [1.54, 1.807) is 18.6 Å². The Morgan fingerprint density at radius 1 is 1.08 bits per heavy atom. The Hall–Kier alpha value is -2.66. The number of rotatable bonds is 8. The first-order chi connectivity index (χ1) is 17.9. The summed E-state index contributed by atoms with van der Waals surface area (Å²) in [5.74, 6) is 1.90. The molecule has 4 aliphatic rings. The summed E-state index contributed by atoms with van der Waals surface area (Å²) in [5, 5.41) is 14.4. The molecule has 37 heavy (non-hydrogen) atoms. The Bertz CT molecular complexity index is 1330. The van der Waals surface area contributed by atoms with Gasteiger partial charge in [-0.3, -0.25) is 4.98 Å². The van der Waals surface area contributed by atoms with Crippen molar-refractivity contribution < 1.29 is 14.0 Å². The Morgan fingerprint density at radius 3 is 2.41 bits per heavy atom. The highest BCUT2D eigenvalue weighted by Crippen LogP contribution is 2.55. The molecule has 0 aromatic carbocycles. The molecule has 0 N–H and O–H groups in total. The maximum Gasteiger partial charge on any atom is 0.216 e. The highest BCUT2D eigenvalue weighted by atomic mass is 35.5. The van der Waals surface area contributed by atoms with Gasteiger partial charge in [0, 0.05) is 46.6 Å². The number of pyridine rings is 2. The van der Waals surface area contributed by atoms with Crippen LogP contribution in [0.1, 0.15) is 79.7 Å². The van der Waals surface area contributed by atoms with Gasteiger partial charge in [-0.25, -0.2) is 4.98 Å². The number of aromatic nitrogens is 3. The van der Waals surface area contributed by atoms with E-state index in [1.165, 1.54) is 0 Å². The lowest BCUT2D eigenvalue weighted by Crippen LogP contribution is -2.49. The summed E-state index contributed by atoms with van der Waals surface area (Å²) in [6.07, 6.45) is 13.1. The second-order valence-electron chi connectivity index (χ2n) is 10.8. The van der Waals surface area contributed by atoms with E-state index in [2.05, 4.69) is 21.2 Å². The Morgan fingerprint density at radius 2 is 1.78 bits per heavy atom. The SMILES string of the molecule is Cc1cc(C#N)cnc1OCC12CCC(OCc3c(-c4c(Cl)cncc4Cl)noc3C3CC3)(CC1)CC2. The third kappa shape index (κ3) is 4.71. The van der Waals surface area contributed by atoms with Gasteiger partial charge in [0.2, 0.25) is 5.88 Å². The topological polar surface area (TPSA) is 94.1 Å². The summed E-state index contributed by atoms with van der Waals surface area (Å²) in [6, 6.07) is 3.95. The number of fused-ring (bicyclic) bond motifs is 3. The molecule has 7 nitrogen and oxygen atoms in total. The van der Waals surface area contributed by atoms with E-state index in [1.807, 2.05) is 13.0 Å². The molecule has 4 aliphatic carbocycles. The maximum absolute atomic E-state index is 9.08. The fraction of sp³-hybridized carbons (Fsp3) is 0.500. The first kappa shape index (κ1) is 24.7. The smallest absolute Gasteiger partial charge is 0.216 e. The van der Waals surface area contributed by atoms with Gasteiger partial charge in [0.1, 0.15) is 17.5 Å². The molecule has 0 atom stereocenters. The predicted molar refractivity (Wildman–Crippen MR) is 139 cm³/mol. The molecule has 4 fully saturated rings. The summed E-state index contributed by atoms with van der Waals surface area (Å²) >= 11 is 12.9. The Labute approximate surface area is 226 Å². The third-order valence-corrected chi connectivity index (χ3v) is 8.96. The Kier molecular flexibility index (Phi) is 6.38. The molecule has 0 unspecified atom stereocenters. The van der Waals surface area contributed by atoms with Crippen LogP contribution in [0, 0.1) is 23.7 Å². The number of nitrogens with zero attached hydrogens (tertiary/aromatic N) is 4. The number of nitriles is 1. The van der Waals surface area contributed by atoms with Crippen LogP contribution < -0.4 is 4.74 Å². The van der Waals surface area contributed by atoms with Crippen molar-refractivity contribution in [1.82, 2.24) is 15.1 Å². The van der Waals surface area contributed by atoms with E-state index in [0.29, 0.717) is 51.9 Å². The van der Waals surface area contributed by atoms with Crippen LogP contribution in [-0.4, -0.2) is 27.3 Å². The van der Waals surface area contributed by atoms with Crippen molar-refractivity contribution in [2.45, 2.75) is 76.4 Å². The van der Waals surface area contributed by atoms with Gasteiger partial charge >= 0.3 is 0 Å². The predicted octanol–water partition coefficient (Wildman–Crippen LogP) is 7.18. The molecular formula is C28H28Cl2N4O3. The van der Waals surface area contributed by atoms with Crippen LogP contribution in [0.15, 0.2) is 29.2 Å². The maximum atomic E-state index is 9.08. The van der Waals surface area contributed by atoms with Gasteiger partial charge < -0.3 is 14.0 Å². The van der Waals surface area contributed by atoms with Crippen LogP contribution in [0.3, 0.4) is 0 Å². The monoisotopic (exact) mass is 538 g/mol. The van der Waals surface area contributed by atoms with Crippen molar-refractivity contribution >= 4 is 23.2 Å². The zero-order chi connectivity index (χ0) is 25.6. The average molecular weight is 539 g/mol. The van der Waals surface area contributed by atoms with Gasteiger partial charge in [-0.15, -0.1) is 0 Å². The highest BCUT2D eigenvalue weighted by Gasteiger charge is 2.50. The first-order valence-corrected chi connectivity index (χ1v) is 13.6. The van der Waals surface area contributed by atoms with E-state index in [4.69, 9.17) is 42.5 Å². The zero-order valence-corrected chi connectivity index (χ0v) is 22.2. The summed E-state index contributed by atoms with van der Waals surface area (Å²) in [6.45, 7) is 3.00. The van der Waals surface area contributed by atoms with Crippen LogP contribution in [0.25, 0.3) is 11.3 Å². The molecule has 2 bridgehead atoms. The highest BCUT2D eigenvalue weighted by molar-refractivity contribution is 6.38. The quantitative estimate of drug-likeness (QED) is 0.299. The van der Waals surface area contributed by atoms with Gasteiger partial charge in [0.05, 0.1) is 34.4 Å². The molecule has 3 heterocycles. The van der Waals surface area contributed by atoms with E-state index in [-0.39, 0.29) is 11.0 Å². The number of aryl methyl sites for hydroxylation is 1. The number of hydrogen-bond acceptors (Lipinski definition) is 7. The van der Waals surface area contributed by atoms with Gasteiger partial charge in [0.25, 0.3) is 0 Å². The zero-order valence-electron chi connectivity index (χ0n) is 20.7. The van der Waals surface area contributed by atoms with Crippen LogP contribution in [-0.2, 0) is 11.3 Å². The lowest BCUT2D eigenvalue weighted by Gasteiger charge is -2.52.